The molecule has 0 aromatic rings. The van der Waals surface area contributed by atoms with Gasteiger partial charge in [0.2, 0.25) is 0 Å². The lowest BCUT2D eigenvalue weighted by Gasteiger charge is -2.30. The van der Waals surface area contributed by atoms with Gasteiger partial charge in [-0.15, -0.1) is 0 Å². The first kappa shape index (κ1) is 16.4. The SMILES string of the molecule is CCN(CCN1CCOCC1)NCC(C)[C@H](C)Br. The summed E-state index contributed by atoms with van der Waals surface area (Å²) >= 11 is 3.63. The van der Waals surface area contributed by atoms with Crippen LogP contribution in [0.15, 0.2) is 0 Å². The van der Waals surface area contributed by atoms with E-state index in [-0.39, 0.29) is 0 Å². The van der Waals surface area contributed by atoms with Crippen molar-refractivity contribution in [1.82, 2.24) is 15.3 Å². The fourth-order valence-corrected chi connectivity index (χ4v) is 2.06. The predicted octanol–water partition coefficient (Wildman–Crippen LogP) is 1.56. The Morgan fingerprint density at radius 2 is 2.00 bits per heavy atom. The van der Waals surface area contributed by atoms with Crippen LogP contribution in [0, 0.1) is 5.92 Å². The lowest BCUT2D eigenvalue weighted by Crippen LogP contribution is -2.47. The number of alkyl halides is 1. The van der Waals surface area contributed by atoms with Gasteiger partial charge in [-0.3, -0.25) is 10.3 Å². The lowest BCUT2D eigenvalue weighted by molar-refractivity contribution is 0.0301. The van der Waals surface area contributed by atoms with Crippen molar-refractivity contribution in [1.29, 1.82) is 0 Å². The van der Waals surface area contributed by atoms with Crippen LogP contribution in [0.3, 0.4) is 0 Å². The number of nitrogens with zero attached hydrogens (tertiary/aromatic N) is 2. The summed E-state index contributed by atoms with van der Waals surface area (Å²) in [6.45, 7) is 14.9. The minimum Gasteiger partial charge on any atom is -0.379 e. The predicted molar refractivity (Wildman–Crippen MR) is 80.1 cm³/mol. The minimum atomic E-state index is 0.558. The van der Waals surface area contributed by atoms with Gasteiger partial charge in [-0.2, -0.15) is 0 Å². The Balaban J connectivity index is 2.16. The van der Waals surface area contributed by atoms with E-state index in [4.69, 9.17) is 4.74 Å². The molecule has 1 N–H and O–H groups in total. The summed E-state index contributed by atoms with van der Waals surface area (Å²) in [6, 6.07) is 0. The third kappa shape index (κ3) is 6.48. The van der Waals surface area contributed by atoms with Crippen molar-refractivity contribution in [3.63, 3.8) is 0 Å². The summed E-state index contributed by atoms with van der Waals surface area (Å²) in [4.78, 5) is 3.03. The fraction of sp³-hybridized carbons (Fsp3) is 1.00. The first-order chi connectivity index (χ1) is 8.63. The molecule has 1 aliphatic heterocycles. The smallest absolute Gasteiger partial charge is 0.0594 e. The van der Waals surface area contributed by atoms with Crippen LogP contribution in [0.1, 0.15) is 20.8 Å². The highest BCUT2D eigenvalue weighted by molar-refractivity contribution is 9.09. The van der Waals surface area contributed by atoms with Gasteiger partial charge in [0.15, 0.2) is 0 Å². The van der Waals surface area contributed by atoms with Gasteiger partial charge in [0.1, 0.15) is 0 Å². The molecule has 4 nitrogen and oxygen atoms in total. The summed E-state index contributed by atoms with van der Waals surface area (Å²) < 4.78 is 5.36. The van der Waals surface area contributed by atoms with Crippen LogP contribution < -0.4 is 5.43 Å². The Kier molecular flexibility index (Phi) is 8.42. The van der Waals surface area contributed by atoms with Gasteiger partial charge in [0.05, 0.1) is 13.2 Å². The summed E-state index contributed by atoms with van der Waals surface area (Å²) in [5.41, 5.74) is 3.54. The van der Waals surface area contributed by atoms with Crippen molar-refractivity contribution in [2.45, 2.75) is 25.6 Å². The number of morpholine rings is 1. The summed E-state index contributed by atoms with van der Waals surface area (Å²) in [7, 11) is 0. The van der Waals surface area contributed by atoms with Crippen molar-refractivity contribution in [2.75, 3.05) is 52.5 Å². The van der Waals surface area contributed by atoms with Gasteiger partial charge >= 0.3 is 0 Å². The summed E-state index contributed by atoms with van der Waals surface area (Å²) in [5, 5.41) is 2.32. The molecule has 0 radical (unpaired) electrons. The zero-order valence-electron chi connectivity index (χ0n) is 12.0. The Hall–Kier alpha value is 0.320. The van der Waals surface area contributed by atoms with Crippen LogP contribution in [0.25, 0.3) is 0 Å². The zero-order valence-corrected chi connectivity index (χ0v) is 13.6. The van der Waals surface area contributed by atoms with Crippen LogP contribution in [-0.2, 0) is 4.74 Å². The Labute approximate surface area is 120 Å². The molecule has 0 bridgehead atoms. The van der Waals surface area contributed by atoms with Gasteiger partial charge in [-0.25, -0.2) is 5.01 Å². The van der Waals surface area contributed by atoms with Gasteiger partial charge in [-0.1, -0.05) is 36.7 Å². The standard InChI is InChI=1S/C13H28BrN3O/c1-4-17(15-11-12(2)13(3)14)6-5-16-7-9-18-10-8-16/h12-13,15H,4-11H2,1-3H3/t12?,13-/m0/s1. The molecule has 1 saturated heterocycles. The van der Waals surface area contributed by atoms with E-state index in [9.17, 15) is 0 Å². The third-order valence-corrected chi connectivity index (χ3v) is 4.50. The number of rotatable bonds is 8. The fourth-order valence-electron chi connectivity index (χ4n) is 1.87. The highest BCUT2D eigenvalue weighted by atomic mass is 79.9. The van der Waals surface area contributed by atoms with Crippen molar-refractivity contribution in [2.24, 2.45) is 5.92 Å². The van der Waals surface area contributed by atoms with Crippen LogP contribution in [-0.4, -0.2) is 67.2 Å². The Morgan fingerprint density at radius 3 is 2.56 bits per heavy atom. The topological polar surface area (TPSA) is 27.7 Å². The average molecular weight is 322 g/mol. The van der Waals surface area contributed by atoms with Gasteiger partial charge < -0.3 is 4.74 Å². The lowest BCUT2D eigenvalue weighted by atomic mass is 10.1. The van der Waals surface area contributed by atoms with Gasteiger partial charge in [0.25, 0.3) is 0 Å². The molecule has 0 aromatic heterocycles. The first-order valence-corrected chi connectivity index (χ1v) is 7.97. The zero-order chi connectivity index (χ0) is 13.4. The minimum absolute atomic E-state index is 0.558. The largest absolute Gasteiger partial charge is 0.379 e. The van der Waals surface area contributed by atoms with E-state index in [0.29, 0.717) is 10.7 Å². The molecule has 0 amide bonds. The van der Waals surface area contributed by atoms with Crippen LogP contribution >= 0.6 is 15.9 Å². The molecule has 0 saturated carbocycles. The number of likely N-dealkylation sites (N-methyl/N-ethyl adjacent to an activating group) is 1. The molecular weight excluding hydrogens is 294 g/mol. The molecule has 5 heteroatoms. The summed E-state index contributed by atoms with van der Waals surface area (Å²) in [5.74, 6) is 0.641. The molecule has 18 heavy (non-hydrogen) atoms. The molecule has 0 aliphatic carbocycles. The third-order valence-electron chi connectivity index (χ3n) is 3.59. The number of ether oxygens (including phenoxy) is 1. The van der Waals surface area contributed by atoms with Crippen molar-refractivity contribution < 1.29 is 4.74 Å². The quantitative estimate of drug-likeness (QED) is 0.542. The Bertz CT molecular complexity index is 210. The van der Waals surface area contributed by atoms with E-state index >= 15 is 0 Å². The number of hydrogen-bond acceptors (Lipinski definition) is 4. The molecule has 1 aliphatic rings. The van der Waals surface area contributed by atoms with E-state index in [1.807, 2.05) is 0 Å². The normalized spacial score (nSPS) is 21.2. The van der Waals surface area contributed by atoms with E-state index in [2.05, 4.69) is 52.0 Å². The van der Waals surface area contributed by atoms with E-state index in [1.54, 1.807) is 0 Å². The maximum atomic E-state index is 5.36. The highest BCUT2D eigenvalue weighted by Gasteiger charge is 2.13. The molecule has 0 aromatic carbocycles. The van der Waals surface area contributed by atoms with Crippen LogP contribution in [0.4, 0.5) is 0 Å². The molecule has 108 valence electrons. The van der Waals surface area contributed by atoms with Crippen LogP contribution in [0.2, 0.25) is 0 Å². The number of halogens is 1. The van der Waals surface area contributed by atoms with Gasteiger partial charge in [0, 0.05) is 44.1 Å². The molecule has 1 fully saturated rings. The molecule has 1 heterocycles. The van der Waals surface area contributed by atoms with Crippen LogP contribution in [0.5, 0.6) is 0 Å². The Morgan fingerprint density at radius 1 is 1.33 bits per heavy atom. The summed E-state index contributed by atoms with van der Waals surface area (Å²) in [6.07, 6.45) is 0. The number of nitrogens with one attached hydrogen (secondary N) is 1. The molecule has 1 rings (SSSR count). The molecule has 0 spiro atoms. The van der Waals surface area contributed by atoms with Crippen molar-refractivity contribution >= 4 is 15.9 Å². The average Bonchev–Trinajstić information content (AvgIpc) is 2.39. The van der Waals surface area contributed by atoms with Gasteiger partial charge in [-0.05, 0) is 5.92 Å². The molecule has 1 unspecified atom stereocenters. The monoisotopic (exact) mass is 321 g/mol. The molecule has 2 atom stereocenters. The maximum Gasteiger partial charge on any atom is 0.0594 e. The second-order valence-electron chi connectivity index (χ2n) is 5.05. The first-order valence-electron chi connectivity index (χ1n) is 7.06. The highest BCUT2D eigenvalue weighted by Crippen LogP contribution is 2.10. The molecular formula is C13H28BrN3O. The van der Waals surface area contributed by atoms with E-state index < -0.39 is 0 Å². The van der Waals surface area contributed by atoms with Crippen molar-refractivity contribution in [3.8, 4) is 0 Å². The van der Waals surface area contributed by atoms with Crippen molar-refractivity contribution in [3.05, 3.63) is 0 Å². The maximum absolute atomic E-state index is 5.36. The van der Waals surface area contributed by atoms with E-state index in [1.165, 1.54) is 0 Å². The second-order valence-corrected chi connectivity index (χ2v) is 6.50. The number of hydrazine groups is 1. The second kappa shape index (κ2) is 9.26. The van der Waals surface area contributed by atoms with E-state index in [0.717, 1.165) is 52.5 Å². The number of hydrogen-bond donors (Lipinski definition) is 1.